The zero-order valence-electron chi connectivity index (χ0n) is 15.3. The molecule has 1 atom stereocenters. The molecule has 0 saturated heterocycles. The van der Waals surface area contributed by atoms with Crippen LogP contribution in [0.25, 0.3) is 21.3 Å². The Balaban J connectivity index is 1.60. The van der Waals surface area contributed by atoms with Gasteiger partial charge in [-0.2, -0.15) is 0 Å². The number of thiophene rings is 1. The van der Waals surface area contributed by atoms with Gasteiger partial charge < -0.3 is 10.3 Å². The fourth-order valence-electron chi connectivity index (χ4n) is 3.17. The highest BCUT2D eigenvalue weighted by molar-refractivity contribution is 7.17. The first-order valence-corrected chi connectivity index (χ1v) is 10.1. The standard InChI is InChI=1S/C21H16ClF2N3OS/c1-11(13-7-6-12(23)8-17(13)24)25-9-18-26-20(28)19-15(10-29-21(19)27-18)14-4-2-3-5-16(14)22/h2-8,10-11,25H,9H2,1H3,(H,26,27,28)/t11-/m1/s1. The molecule has 0 unspecified atom stereocenters. The van der Waals surface area contributed by atoms with E-state index in [0.717, 1.165) is 17.2 Å². The molecule has 0 spiro atoms. The lowest BCUT2D eigenvalue weighted by Gasteiger charge is -2.14. The monoisotopic (exact) mass is 431 g/mol. The quantitative estimate of drug-likeness (QED) is 0.442. The molecule has 0 saturated carbocycles. The lowest BCUT2D eigenvalue weighted by atomic mass is 10.1. The molecule has 2 heterocycles. The second-order valence-electron chi connectivity index (χ2n) is 6.59. The van der Waals surface area contributed by atoms with E-state index in [-0.39, 0.29) is 12.1 Å². The first kappa shape index (κ1) is 19.7. The molecule has 0 radical (unpaired) electrons. The summed E-state index contributed by atoms with van der Waals surface area (Å²) >= 11 is 7.63. The molecule has 0 aliphatic carbocycles. The number of H-pyrrole nitrogens is 1. The molecule has 0 aliphatic heterocycles. The maximum absolute atomic E-state index is 13.9. The summed E-state index contributed by atoms with van der Waals surface area (Å²) < 4.78 is 27.0. The van der Waals surface area contributed by atoms with Crippen LogP contribution >= 0.6 is 22.9 Å². The Morgan fingerprint density at radius 3 is 2.76 bits per heavy atom. The smallest absolute Gasteiger partial charge is 0.260 e. The molecule has 8 heteroatoms. The topological polar surface area (TPSA) is 57.8 Å². The fourth-order valence-corrected chi connectivity index (χ4v) is 4.36. The number of hydrogen-bond donors (Lipinski definition) is 2. The van der Waals surface area contributed by atoms with Crippen LogP contribution in [0.5, 0.6) is 0 Å². The van der Waals surface area contributed by atoms with Crippen molar-refractivity contribution in [2.24, 2.45) is 0 Å². The number of benzene rings is 2. The lowest BCUT2D eigenvalue weighted by Crippen LogP contribution is -2.22. The van der Waals surface area contributed by atoms with Gasteiger partial charge in [0.15, 0.2) is 0 Å². The highest BCUT2D eigenvalue weighted by Crippen LogP contribution is 2.34. The fraction of sp³-hybridized carbons (Fsp3) is 0.143. The third-order valence-electron chi connectivity index (χ3n) is 4.66. The van der Waals surface area contributed by atoms with Crippen molar-refractivity contribution in [2.75, 3.05) is 0 Å². The molecule has 148 valence electrons. The van der Waals surface area contributed by atoms with Crippen molar-refractivity contribution in [2.45, 2.75) is 19.5 Å². The van der Waals surface area contributed by atoms with E-state index in [0.29, 0.717) is 26.6 Å². The number of fused-ring (bicyclic) bond motifs is 1. The van der Waals surface area contributed by atoms with Crippen LogP contribution in [0.3, 0.4) is 0 Å². The van der Waals surface area contributed by atoms with Gasteiger partial charge in [-0.3, -0.25) is 4.79 Å². The van der Waals surface area contributed by atoms with Crippen molar-refractivity contribution in [3.63, 3.8) is 0 Å². The van der Waals surface area contributed by atoms with Gasteiger partial charge in [0.05, 0.1) is 11.9 Å². The van der Waals surface area contributed by atoms with Gasteiger partial charge in [-0.15, -0.1) is 11.3 Å². The van der Waals surface area contributed by atoms with Crippen molar-refractivity contribution >= 4 is 33.2 Å². The molecular formula is C21H16ClF2N3OS. The minimum atomic E-state index is -0.623. The largest absolute Gasteiger partial charge is 0.309 e. The summed E-state index contributed by atoms with van der Waals surface area (Å²) in [5.41, 5.74) is 1.60. The Morgan fingerprint density at radius 1 is 1.21 bits per heavy atom. The third kappa shape index (κ3) is 3.94. The van der Waals surface area contributed by atoms with E-state index in [2.05, 4.69) is 15.3 Å². The summed E-state index contributed by atoms with van der Waals surface area (Å²) in [6.45, 7) is 1.98. The number of nitrogens with one attached hydrogen (secondary N) is 2. The van der Waals surface area contributed by atoms with Gasteiger partial charge in [0.2, 0.25) is 0 Å². The zero-order chi connectivity index (χ0) is 20.5. The summed E-state index contributed by atoms with van der Waals surface area (Å²) in [6, 6.07) is 10.4. The van der Waals surface area contributed by atoms with Gasteiger partial charge in [0.25, 0.3) is 5.56 Å². The highest BCUT2D eigenvalue weighted by atomic mass is 35.5. The van der Waals surface area contributed by atoms with Gasteiger partial charge in [0.1, 0.15) is 22.3 Å². The Morgan fingerprint density at radius 2 is 2.00 bits per heavy atom. The minimum absolute atomic E-state index is 0.225. The molecule has 0 aliphatic rings. The SMILES string of the molecule is C[C@@H](NCc1nc2scc(-c3ccccc3Cl)c2c(=O)[nH]1)c1ccc(F)cc1F. The maximum atomic E-state index is 13.9. The molecule has 4 nitrogen and oxygen atoms in total. The highest BCUT2D eigenvalue weighted by Gasteiger charge is 2.16. The van der Waals surface area contributed by atoms with Gasteiger partial charge in [-0.1, -0.05) is 35.9 Å². The molecule has 0 amide bonds. The molecule has 2 N–H and O–H groups in total. The number of aromatic nitrogens is 2. The second kappa shape index (κ2) is 8.02. The van der Waals surface area contributed by atoms with E-state index in [1.54, 1.807) is 13.0 Å². The van der Waals surface area contributed by atoms with Crippen molar-refractivity contribution < 1.29 is 8.78 Å². The lowest BCUT2D eigenvalue weighted by molar-refractivity contribution is 0.511. The summed E-state index contributed by atoms with van der Waals surface area (Å²) in [7, 11) is 0. The Kier molecular flexibility index (Phi) is 5.45. The van der Waals surface area contributed by atoms with E-state index >= 15 is 0 Å². The maximum Gasteiger partial charge on any atom is 0.260 e. The molecule has 2 aromatic carbocycles. The van der Waals surface area contributed by atoms with Crippen LogP contribution in [0.1, 0.15) is 24.4 Å². The molecule has 2 aromatic heterocycles. The Labute approximate surface area is 174 Å². The van der Waals surface area contributed by atoms with E-state index in [1.165, 1.54) is 23.5 Å². The first-order valence-electron chi connectivity index (χ1n) is 8.87. The molecule has 0 fully saturated rings. The molecular weight excluding hydrogens is 416 g/mol. The van der Waals surface area contributed by atoms with E-state index < -0.39 is 17.7 Å². The van der Waals surface area contributed by atoms with Crippen LogP contribution in [0, 0.1) is 11.6 Å². The number of hydrogen-bond acceptors (Lipinski definition) is 4. The molecule has 4 aromatic rings. The van der Waals surface area contributed by atoms with E-state index in [1.807, 2.05) is 23.6 Å². The predicted octanol–water partition coefficient (Wildman–Crippen LogP) is 5.43. The second-order valence-corrected chi connectivity index (χ2v) is 7.86. The van der Waals surface area contributed by atoms with Crippen molar-refractivity contribution in [3.05, 3.63) is 86.2 Å². The van der Waals surface area contributed by atoms with E-state index in [4.69, 9.17) is 11.6 Å². The average molecular weight is 432 g/mol. The Bertz CT molecular complexity index is 1250. The van der Waals surface area contributed by atoms with Crippen LogP contribution in [-0.4, -0.2) is 9.97 Å². The summed E-state index contributed by atoms with van der Waals surface area (Å²) in [6.07, 6.45) is 0. The molecule has 4 rings (SSSR count). The molecule has 0 bridgehead atoms. The van der Waals surface area contributed by atoms with Crippen molar-refractivity contribution in [3.8, 4) is 11.1 Å². The first-order chi connectivity index (χ1) is 13.9. The van der Waals surface area contributed by atoms with Gasteiger partial charge in [0, 0.05) is 39.2 Å². The van der Waals surface area contributed by atoms with Gasteiger partial charge in [-0.25, -0.2) is 13.8 Å². The predicted molar refractivity (Wildman–Crippen MR) is 112 cm³/mol. The van der Waals surface area contributed by atoms with Crippen LogP contribution in [0.4, 0.5) is 8.78 Å². The summed E-state index contributed by atoms with van der Waals surface area (Å²) in [4.78, 5) is 20.6. The van der Waals surface area contributed by atoms with Crippen molar-refractivity contribution in [1.82, 2.24) is 15.3 Å². The van der Waals surface area contributed by atoms with Crippen LogP contribution < -0.4 is 10.9 Å². The summed E-state index contributed by atoms with van der Waals surface area (Å²) in [5, 5.41) is 6.02. The number of aromatic amines is 1. The Hall–Kier alpha value is -2.61. The average Bonchev–Trinajstić information content (AvgIpc) is 3.11. The van der Waals surface area contributed by atoms with Gasteiger partial charge in [-0.05, 0) is 19.1 Å². The van der Waals surface area contributed by atoms with Crippen molar-refractivity contribution in [1.29, 1.82) is 0 Å². The minimum Gasteiger partial charge on any atom is -0.309 e. The van der Waals surface area contributed by atoms with E-state index in [9.17, 15) is 13.6 Å². The van der Waals surface area contributed by atoms with Crippen LogP contribution in [0.2, 0.25) is 5.02 Å². The number of rotatable bonds is 5. The normalized spacial score (nSPS) is 12.4. The zero-order valence-corrected chi connectivity index (χ0v) is 16.9. The molecule has 29 heavy (non-hydrogen) atoms. The summed E-state index contributed by atoms with van der Waals surface area (Å²) in [5.74, 6) is -0.809. The number of halogens is 3. The van der Waals surface area contributed by atoms with Crippen LogP contribution in [0.15, 0.2) is 52.6 Å². The third-order valence-corrected chi connectivity index (χ3v) is 5.86. The van der Waals surface area contributed by atoms with Gasteiger partial charge >= 0.3 is 0 Å². The number of nitrogens with zero attached hydrogens (tertiary/aromatic N) is 1. The van der Waals surface area contributed by atoms with Crippen LogP contribution in [-0.2, 0) is 6.54 Å².